The summed E-state index contributed by atoms with van der Waals surface area (Å²) in [6, 6.07) is -0.203. The van der Waals surface area contributed by atoms with Crippen LogP contribution < -0.4 is 15.5 Å². The van der Waals surface area contributed by atoms with Gasteiger partial charge in [-0.2, -0.15) is 4.98 Å². The molecule has 1 aromatic rings. The molecule has 2 unspecified atom stereocenters. The number of alkyl halides is 1. The summed E-state index contributed by atoms with van der Waals surface area (Å²) >= 11 is 6.33. The average molecular weight is 502 g/mol. The number of amides is 1. The largest absolute Gasteiger partial charge is 0.381 e. The van der Waals surface area contributed by atoms with Crippen LogP contribution in [0.1, 0.15) is 31.2 Å². The standard InChI is InChI=1S/C25H36ClN7O2/c1-17-14-27-25(29-20-8-11-35-12-9-20)31-23(17)33-10-7-21(28-16-33)24(34)30-22(15-32(2)3)18-5-4-6-19(26)13-18/h4-6,14,16,19-22H,7-13,15H2,1-3H3,(H,30,34)(H,27,29,31)/t19?,21?,22-/m1/s1. The van der Waals surface area contributed by atoms with Gasteiger partial charge in [0.25, 0.3) is 0 Å². The molecular weight excluding hydrogens is 466 g/mol. The number of aromatic nitrogens is 2. The number of allylic oxidation sites excluding steroid dienone is 3. The van der Waals surface area contributed by atoms with Gasteiger partial charge in [-0.1, -0.05) is 18.2 Å². The maximum absolute atomic E-state index is 13.1. The Balaban J connectivity index is 1.39. The average Bonchev–Trinajstić information content (AvgIpc) is 2.85. The van der Waals surface area contributed by atoms with Crippen LogP contribution >= 0.6 is 11.6 Å². The maximum Gasteiger partial charge on any atom is 0.245 e. The molecule has 0 radical (unpaired) electrons. The van der Waals surface area contributed by atoms with Crippen molar-refractivity contribution >= 4 is 35.6 Å². The molecule has 35 heavy (non-hydrogen) atoms. The molecule has 0 bridgehead atoms. The van der Waals surface area contributed by atoms with Gasteiger partial charge in [0.2, 0.25) is 11.9 Å². The van der Waals surface area contributed by atoms with Crippen LogP contribution in [0.4, 0.5) is 11.8 Å². The van der Waals surface area contributed by atoms with E-state index in [2.05, 4.69) is 31.6 Å². The molecule has 10 heteroatoms. The minimum Gasteiger partial charge on any atom is -0.381 e. The number of nitrogens with one attached hydrogen (secondary N) is 2. The Kier molecular flexibility index (Phi) is 8.75. The van der Waals surface area contributed by atoms with E-state index in [4.69, 9.17) is 21.3 Å². The topological polar surface area (TPSA) is 95.0 Å². The van der Waals surface area contributed by atoms with Crippen molar-refractivity contribution in [1.29, 1.82) is 0 Å². The van der Waals surface area contributed by atoms with Crippen molar-refractivity contribution in [3.05, 3.63) is 35.6 Å². The minimum atomic E-state index is -0.426. The van der Waals surface area contributed by atoms with Crippen molar-refractivity contribution in [3.63, 3.8) is 0 Å². The third-order valence-corrected chi connectivity index (χ3v) is 6.78. The number of anilines is 2. The zero-order chi connectivity index (χ0) is 24.8. The number of ether oxygens (including phenoxy) is 1. The van der Waals surface area contributed by atoms with Crippen LogP contribution in [0.25, 0.3) is 0 Å². The number of aliphatic imine (C=N–C) groups is 1. The minimum absolute atomic E-state index is 0.0419. The molecular formula is C25H36ClN7O2. The summed E-state index contributed by atoms with van der Waals surface area (Å²) in [7, 11) is 4.00. The molecule has 0 spiro atoms. The predicted molar refractivity (Wildman–Crippen MR) is 140 cm³/mol. The van der Waals surface area contributed by atoms with Gasteiger partial charge in [-0.25, -0.2) is 4.98 Å². The maximum atomic E-state index is 13.1. The molecule has 1 aromatic heterocycles. The van der Waals surface area contributed by atoms with Crippen LogP contribution in [0.5, 0.6) is 0 Å². The number of likely N-dealkylation sites (N-methyl/N-ethyl adjacent to an activating group) is 1. The molecule has 3 heterocycles. The van der Waals surface area contributed by atoms with E-state index in [1.807, 2.05) is 44.3 Å². The Morgan fingerprint density at radius 3 is 2.80 bits per heavy atom. The third-order valence-electron chi connectivity index (χ3n) is 6.48. The SMILES string of the molecule is Cc1cnc(NC2CCOCC2)nc1N1C=NC(C(=O)N[C@H](CN(C)C)C2=CC=CC(Cl)C2)CC1. The number of halogens is 1. The monoisotopic (exact) mass is 501 g/mol. The fraction of sp³-hybridized carbons (Fsp3) is 0.600. The highest BCUT2D eigenvalue weighted by molar-refractivity contribution is 6.22. The van der Waals surface area contributed by atoms with E-state index in [0.29, 0.717) is 31.5 Å². The molecule has 4 rings (SSSR count). The van der Waals surface area contributed by atoms with Crippen molar-refractivity contribution in [2.45, 2.75) is 56.1 Å². The van der Waals surface area contributed by atoms with Crippen LogP contribution in [-0.2, 0) is 9.53 Å². The van der Waals surface area contributed by atoms with Crippen molar-refractivity contribution in [2.75, 3.05) is 50.6 Å². The second-order valence-electron chi connectivity index (χ2n) is 9.66. The number of carbonyl (C=O) groups is 1. The van der Waals surface area contributed by atoms with Gasteiger partial charge in [0.1, 0.15) is 11.9 Å². The summed E-state index contributed by atoms with van der Waals surface area (Å²) in [4.78, 5) is 31.0. The second-order valence-corrected chi connectivity index (χ2v) is 10.2. The lowest BCUT2D eigenvalue weighted by Gasteiger charge is -2.30. The van der Waals surface area contributed by atoms with E-state index in [1.165, 1.54) is 0 Å². The first-order chi connectivity index (χ1) is 16.9. The molecule has 9 nitrogen and oxygen atoms in total. The Morgan fingerprint density at radius 1 is 1.31 bits per heavy atom. The van der Waals surface area contributed by atoms with E-state index in [0.717, 1.165) is 49.4 Å². The van der Waals surface area contributed by atoms with E-state index < -0.39 is 6.04 Å². The highest BCUT2D eigenvalue weighted by Crippen LogP contribution is 2.23. The van der Waals surface area contributed by atoms with Gasteiger partial charge in [0.05, 0.1) is 17.8 Å². The van der Waals surface area contributed by atoms with Gasteiger partial charge in [-0.3, -0.25) is 9.79 Å². The predicted octanol–water partition coefficient (Wildman–Crippen LogP) is 2.52. The van der Waals surface area contributed by atoms with Gasteiger partial charge in [-0.05, 0) is 52.3 Å². The Labute approximate surface area is 212 Å². The molecule has 0 aromatic carbocycles. The first-order valence-electron chi connectivity index (χ1n) is 12.3. The lowest BCUT2D eigenvalue weighted by molar-refractivity contribution is -0.123. The van der Waals surface area contributed by atoms with Gasteiger partial charge in [-0.15, -0.1) is 11.6 Å². The van der Waals surface area contributed by atoms with E-state index in [1.54, 1.807) is 6.34 Å². The number of carbonyl (C=O) groups excluding carboxylic acids is 1. The summed E-state index contributed by atoms with van der Waals surface area (Å²) < 4.78 is 5.43. The normalized spacial score (nSPS) is 23.8. The summed E-state index contributed by atoms with van der Waals surface area (Å²) in [6.07, 6.45) is 12.8. The highest BCUT2D eigenvalue weighted by Gasteiger charge is 2.28. The van der Waals surface area contributed by atoms with Crippen LogP contribution in [-0.4, -0.2) is 91.0 Å². The van der Waals surface area contributed by atoms with Crippen molar-refractivity contribution in [3.8, 4) is 0 Å². The smallest absolute Gasteiger partial charge is 0.245 e. The molecule has 190 valence electrons. The van der Waals surface area contributed by atoms with Crippen molar-refractivity contribution < 1.29 is 9.53 Å². The van der Waals surface area contributed by atoms with Crippen LogP contribution in [0.3, 0.4) is 0 Å². The molecule has 1 amide bonds. The lowest BCUT2D eigenvalue weighted by atomic mass is 9.96. The molecule has 3 atom stereocenters. The van der Waals surface area contributed by atoms with E-state index >= 15 is 0 Å². The molecule has 1 aliphatic carbocycles. The number of rotatable bonds is 8. The zero-order valence-corrected chi connectivity index (χ0v) is 21.5. The Bertz CT molecular complexity index is 975. The van der Waals surface area contributed by atoms with Crippen molar-refractivity contribution in [1.82, 2.24) is 20.2 Å². The summed E-state index contributed by atoms with van der Waals surface area (Å²) in [5, 5.41) is 6.59. The van der Waals surface area contributed by atoms with Gasteiger partial charge in [0.15, 0.2) is 0 Å². The van der Waals surface area contributed by atoms with Crippen LogP contribution in [0, 0.1) is 6.92 Å². The first kappa shape index (κ1) is 25.6. The highest BCUT2D eigenvalue weighted by atomic mass is 35.5. The van der Waals surface area contributed by atoms with Crippen LogP contribution in [0.2, 0.25) is 0 Å². The molecule has 3 aliphatic rings. The number of hydrogen-bond donors (Lipinski definition) is 2. The number of hydrogen-bond acceptors (Lipinski definition) is 8. The summed E-state index contributed by atoms with van der Waals surface area (Å²) in [6.45, 7) is 4.87. The van der Waals surface area contributed by atoms with Crippen LogP contribution in [0.15, 0.2) is 35.0 Å². The molecule has 2 N–H and O–H groups in total. The summed E-state index contributed by atoms with van der Waals surface area (Å²) in [5.41, 5.74) is 2.10. The summed E-state index contributed by atoms with van der Waals surface area (Å²) in [5.74, 6) is 1.37. The number of aryl methyl sites for hydroxylation is 1. The second kappa shape index (κ2) is 12.0. The van der Waals surface area contributed by atoms with Gasteiger partial charge in [0, 0.05) is 44.1 Å². The first-order valence-corrected chi connectivity index (χ1v) is 12.8. The van der Waals surface area contributed by atoms with Gasteiger partial charge >= 0.3 is 0 Å². The Morgan fingerprint density at radius 2 is 2.11 bits per heavy atom. The molecule has 1 saturated heterocycles. The fourth-order valence-electron chi connectivity index (χ4n) is 4.54. The molecule has 0 saturated carbocycles. The fourth-order valence-corrected chi connectivity index (χ4v) is 4.80. The van der Waals surface area contributed by atoms with Gasteiger partial charge < -0.3 is 25.2 Å². The molecule has 2 aliphatic heterocycles. The quantitative estimate of drug-likeness (QED) is 0.528. The lowest BCUT2D eigenvalue weighted by Crippen LogP contribution is -2.48. The Hall–Kier alpha value is -2.49. The van der Waals surface area contributed by atoms with Crippen molar-refractivity contribution in [2.24, 2.45) is 4.99 Å². The number of nitrogens with zero attached hydrogens (tertiary/aromatic N) is 5. The van der Waals surface area contributed by atoms with E-state index in [9.17, 15) is 4.79 Å². The third kappa shape index (κ3) is 7.02. The molecule has 1 fully saturated rings. The van der Waals surface area contributed by atoms with E-state index in [-0.39, 0.29) is 17.3 Å². The zero-order valence-electron chi connectivity index (χ0n) is 20.8.